The zero-order chi connectivity index (χ0) is 32.0. The number of nitrogens with one attached hydrogen (secondary N) is 1. The van der Waals surface area contributed by atoms with Crippen LogP contribution < -0.4 is 5.32 Å². The van der Waals surface area contributed by atoms with Gasteiger partial charge in [-0.05, 0) is 93.7 Å². The number of amides is 1. The molecule has 0 aliphatic heterocycles. The Morgan fingerprint density at radius 3 is 2.24 bits per heavy atom. The summed E-state index contributed by atoms with van der Waals surface area (Å²) in [5.74, 6) is -0.328. The molecule has 42 heavy (non-hydrogen) atoms. The van der Waals surface area contributed by atoms with Crippen molar-refractivity contribution in [2.24, 2.45) is 0 Å². The molecule has 2 aromatic carbocycles. The lowest BCUT2D eigenvalue weighted by Crippen LogP contribution is -2.49. The summed E-state index contributed by atoms with van der Waals surface area (Å²) in [6, 6.07) is 11.0. The van der Waals surface area contributed by atoms with Crippen molar-refractivity contribution in [2.45, 2.75) is 97.7 Å². The lowest BCUT2D eigenvalue weighted by Gasteiger charge is -2.41. The Balaban J connectivity index is 2.40. The molecule has 1 amide bonds. The van der Waals surface area contributed by atoms with Gasteiger partial charge in [0.15, 0.2) is 8.32 Å². The maximum absolute atomic E-state index is 13.6. The first-order valence-electron chi connectivity index (χ1n) is 14.3. The van der Waals surface area contributed by atoms with E-state index in [9.17, 15) is 9.59 Å². The van der Waals surface area contributed by atoms with Gasteiger partial charge in [0.2, 0.25) is 0 Å². The van der Waals surface area contributed by atoms with E-state index in [1.54, 1.807) is 11.0 Å². The van der Waals surface area contributed by atoms with E-state index in [0.29, 0.717) is 22.3 Å². The van der Waals surface area contributed by atoms with Gasteiger partial charge < -0.3 is 24.1 Å². The minimum atomic E-state index is -2.24. The van der Waals surface area contributed by atoms with E-state index in [-0.39, 0.29) is 30.0 Å². The Bertz CT molecular complexity index is 1240. The Kier molecular flexibility index (Phi) is 12.4. The van der Waals surface area contributed by atoms with Gasteiger partial charge in [-0.3, -0.25) is 4.79 Å². The molecule has 2 atom stereocenters. The van der Waals surface area contributed by atoms with Crippen molar-refractivity contribution in [2.75, 3.05) is 25.5 Å². The number of methoxy groups -OCH3 is 1. The lowest BCUT2D eigenvalue weighted by molar-refractivity contribution is -0.139. The number of anilines is 1. The van der Waals surface area contributed by atoms with Gasteiger partial charge in [-0.15, -0.1) is 0 Å². The molecule has 1 N–H and O–H groups in total. The third-order valence-corrected chi connectivity index (χ3v) is 12.6. The van der Waals surface area contributed by atoms with Crippen LogP contribution in [0.15, 0.2) is 36.4 Å². The van der Waals surface area contributed by atoms with Crippen LogP contribution in [0.3, 0.4) is 0 Å². The number of benzene rings is 2. The van der Waals surface area contributed by atoms with Crippen molar-refractivity contribution in [3.05, 3.63) is 63.1 Å². The van der Waals surface area contributed by atoms with Crippen molar-refractivity contribution in [1.29, 1.82) is 0 Å². The molecule has 2 rings (SSSR count). The average Bonchev–Trinajstić information content (AvgIpc) is 2.85. The second-order valence-electron chi connectivity index (χ2n) is 13.3. The highest BCUT2D eigenvalue weighted by atomic mass is 35.5. The van der Waals surface area contributed by atoms with E-state index in [1.165, 1.54) is 7.11 Å². The summed E-state index contributed by atoms with van der Waals surface area (Å²) >= 11 is 13.0. The van der Waals surface area contributed by atoms with Gasteiger partial charge in [0.25, 0.3) is 0 Å². The zero-order valence-corrected chi connectivity index (χ0v) is 29.5. The third-order valence-electron chi connectivity index (χ3n) is 7.56. The van der Waals surface area contributed by atoms with Crippen molar-refractivity contribution >= 4 is 49.3 Å². The van der Waals surface area contributed by atoms with Crippen LogP contribution in [0.4, 0.5) is 10.5 Å². The monoisotopic (exact) mass is 638 g/mol. The SMILES string of the molecule is COC(=O)Cc1cc(Cl)c(NC[C@@H](C)N(C[C@H](O[Si](C)(C)C(C)(C)C)c2cccc(Cl)c2)C(=O)OC(C)(C)C)cc1C. The van der Waals surface area contributed by atoms with Crippen LogP contribution in [0, 0.1) is 6.92 Å². The molecular formula is C32H48Cl2N2O5Si. The van der Waals surface area contributed by atoms with Crippen LogP contribution >= 0.6 is 23.2 Å². The molecule has 234 valence electrons. The fraction of sp³-hybridized carbons (Fsp3) is 0.562. The minimum Gasteiger partial charge on any atom is -0.469 e. The second kappa shape index (κ2) is 14.5. The van der Waals surface area contributed by atoms with Crippen LogP contribution in [0.25, 0.3) is 0 Å². The Labute approximate surface area is 263 Å². The van der Waals surface area contributed by atoms with Gasteiger partial charge in [-0.25, -0.2) is 4.79 Å². The van der Waals surface area contributed by atoms with Crippen LogP contribution in [0.1, 0.15) is 71.3 Å². The number of aryl methyl sites for hydroxylation is 1. The summed E-state index contributed by atoms with van der Waals surface area (Å²) in [5.41, 5.74) is 2.65. The topological polar surface area (TPSA) is 77.1 Å². The van der Waals surface area contributed by atoms with E-state index in [1.807, 2.05) is 65.0 Å². The van der Waals surface area contributed by atoms with E-state index in [4.69, 9.17) is 37.1 Å². The number of nitrogens with zero attached hydrogens (tertiary/aromatic N) is 1. The maximum Gasteiger partial charge on any atom is 0.410 e. The average molecular weight is 640 g/mol. The van der Waals surface area contributed by atoms with Crippen molar-refractivity contribution in [1.82, 2.24) is 4.90 Å². The highest BCUT2D eigenvalue weighted by molar-refractivity contribution is 6.74. The molecule has 0 heterocycles. The summed E-state index contributed by atoms with van der Waals surface area (Å²) in [4.78, 5) is 27.1. The lowest BCUT2D eigenvalue weighted by atomic mass is 10.0. The van der Waals surface area contributed by atoms with Gasteiger partial charge in [0.1, 0.15) is 5.60 Å². The van der Waals surface area contributed by atoms with Gasteiger partial charge in [-0.2, -0.15) is 0 Å². The summed E-state index contributed by atoms with van der Waals surface area (Å²) < 4.78 is 17.6. The molecule has 0 aliphatic carbocycles. The van der Waals surface area contributed by atoms with Crippen molar-refractivity contribution in [3.8, 4) is 0 Å². The maximum atomic E-state index is 13.6. The first-order valence-corrected chi connectivity index (χ1v) is 17.9. The molecule has 0 fully saturated rings. The van der Waals surface area contributed by atoms with Crippen molar-refractivity contribution in [3.63, 3.8) is 0 Å². The zero-order valence-electron chi connectivity index (χ0n) is 27.0. The summed E-state index contributed by atoms with van der Waals surface area (Å²) in [5, 5.41) is 4.44. The molecular weight excluding hydrogens is 591 g/mol. The molecule has 0 aromatic heterocycles. The number of rotatable bonds is 11. The number of ether oxygens (including phenoxy) is 2. The Morgan fingerprint density at radius 2 is 1.69 bits per heavy atom. The highest BCUT2D eigenvalue weighted by Crippen LogP contribution is 2.40. The quantitative estimate of drug-likeness (QED) is 0.196. The molecule has 2 aromatic rings. The molecule has 0 spiro atoms. The number of carbonyl (C=O) groups is 2. The first kappa shape index (κ1) is 35.9. The van der Waals surface area contributed by atoms with Crippen LogP contribution in [0.5, 0.6) is 0 Å². The van der Waals surface area contributed by atoms with Crippen molar-refractivity contribution < 1.29 is 23.5 Å². The largest absolute Gasteiger partial charge is 0.469 e. The number of carbonyl (C=O) groups excluding carboxylic acids is 2. The minimum absolute atomic E-state index is 0.0393. The van der Waals surface area contributed by atoms with E-state index in [0.717, 1.165) is 16.7 Å². The van der Waals surface area contributed by atoms with Gasteiger partial charge in [-0.1, -0.05) is 56.1 Å². The molecule has 0 bridgehead atoms. The molecule has 0 saturated carbocycles. The van der Waals surface area contributed by atoms with Crippen LogP contribution in [0.2, 0.25) is 28.2 Å². The fourth-order valence-corrected chi connectivity index (χ4v) is 5.76. The van der Waals surface area contributed by atoms with Gasteiger partial charge in [0.05, 0.1) is 36.9 Å². The number of halogens is 2. The van der Waals surface area contributed by atoms with Crippen LogP contribution in [-0.2, 0) is 25.1 Å². The van der Waals surface area contributed by atoms with Crippen LogP contribution in [-0.4, -0.2) is 57.1 Å². The Morgan fingerprint density at radius 1 is 1.05 bits per heavy atom. The van der Waals surface area contributed by atoms with Gasteiger partial charge >= 0.3 is 12.1 Å². The third kappa shape index (κ3) is 10.5. The fourth-order valence-electron chi connectivity index (χ4n) is 4.03. The predicted octanol–water partition coefficient (Wildman–Crippen LogP) is 8.82. The highest BCUT2D eigenvalue weighted by Gasteiger charge is 2.41. The van der Waals surface area contributed by atoms with E-state index in [2.05, 4.69) is 39.2 Å². The summed E-state index contributed by atoms with van der Waals surface area (Å²) in [7, 11) is -0.882. The summed E-state index contributed by atoms with van der Waals surface area (Å²) in [6.45, 7) is 21.1. The molecule has 0 radical (unpaired) electrons. The predicted molar refractivity (Wildman–Crippen MR) is 175 cm³/mol. The number of esters is 1. The molecule has 0 saturated heterocycles. The first-order chi connectivity index (χ1) is 19.2. The summed E-state index contributed by atoms with van der Waals surface area (Å²) in [6.07, 6.45) is -0.703. The smallest absolute Gasteiger partial charge is 0.410 e. The number of hydrogen-bond acceptors (Lipinski definition) is 6. The normalized spacial score (nSPS) is 13.7. The number of hydrogen-bond donors (Lipinski definition) is 1. The molecule has 0 aliphatic rings. The van der Waals surface area contributed by atoms with E-state index >= 15 is 0 Å². The van der Waals surface area contributed by atoms with E-state index < -0.39 is 26.1 Å². The molecule has 0 unspecified atom stereocenters. The van der Waals surface area contributed by atoms with Gasteiger partial charge in [0, 0.05) is 17.6 Å². The standard InChI is InChI=1S/C32H48Cl2N2O5Si/c1-21-15-27(26(34)17-24(21)18-29(37)39-9)35-19-22(2)36(30(38)40-31(3,4)5)20-28(23-13-12-14-25(33)16-23)41-42(10,11)32(6,7)8/h12-17,22,28,35H,18-20H2,1-11H3/t22-,28+/m1/s1. The molecule has 7 nitrogen and oxygen atoms in total. The second-order valence-corrected chi connectivity index (χ2v) is 18.9. The molecule has 10 heteroatoms. The Hall–Kier alpha value is -2.26.